The third-order valence-corrected chi connectivity index (χ3v) is 3.22. The lowest BCUT2D eigenvalue weighted by molar-refractivity contribution is 0.102. The van der Waals surface area contributed by atoms with Crippen molar-refractivity contribution in [2.75, 3.05) is 5.32 Å². The van der Waals surface area contributed by atoms with Crippen LogP contribution in [0.2, 0.25) is 10.0 Å². The highest BCUT2D eigenvalue weighted by atomic mass is 35.5. The Bertz CT molecular complexity index is 623. The molecule has 0 aliphatic heterocycles. The van der Waals surface area contributed by atoms with Gasteiger partial charge in [-0.25, -0.2) is 4.68 Å². The molecule has 0 spiro atoms. The van der Waals surface area contributed by atoms with Crippen LogP contribution in [0.3, 0.4) is 0 Å². The van der Waals surface area contributed by atoms with Crippen LogP contribution >= 0.6 is 23.2 Å². The lowest BCUT2D eigenvalue weighted by Crippen LogP contribution is -2.17. The molecule has 20 heavy (non-hydrogen) atoms. The number of benzene rings is 1. The van der Waals surface area contributed by atoms with Gasteiger partial charge in [-0.05, 0) is 24.1 Å². The van der Waals surface area contributed by atoms with Gasteiger partial charge in [0.15, 0.2) is 0 Å². The van der Waals surface area contributed by atoms with Crippen molar-refractivity contribution in [3.05, 3.63) is 46.1 Å². The molecule has 2 aromatic rings. The number of aromatic nitrogens is 2. The van der Waals surface area contributed by atoms with E-state index in [0.717, 1.165) is 6.54 Å². The standard InChI is InChI=1S/C14H15Cl2N3O/c1-9(2)8-19-13(5-6-17-19)18-14(20)11-4-3-10(15)7-12(11)16/h3-7,9H,8H2,1-2H3,(H,18,20). The Balaban J connectivity index is 2.17. The summed E-state index contributed by atoms with van der Waals surface area (Å²) < 4.78 is 1.76. The first kappa shape index (κ1) is 14.9. The average molecular weight is 312 g/mol. The van der Waals surface area contributed by atoms with E-state index >= 15 is 0 Å². The summed E-state index contributed by atoms with van der Waals surface area (Å²) in [5.41, 5.74) is 0.383. The van der Waals surface area contributed by atoms with Gasteiger partial charge in [0.2, 0.25) is 0 Å². The number of nitrogens with zero attached hydrogens (tertiary/aromatic N) is 2. The summed E-state index contributed by atoms with van der Waals surface area (Å²) in [6, 6.07) is 6.53. The van der Waals surface area contributed by atoms with Gasteiger partial charge < -0.3 is 5.32 Å². The molecule has 0 atom stereocenters. The molecule has 1 heterocycles. The van der Waals surface area contributed by atoms with Crippen molar-refractivity contribution >= 4 is 34.9 Å². The van der Waals surface area contributed by atoms with Crippen LogP contribution in [0.1, 0.15) is 24.2 Å². The van der Waals surface area contributed by atoms with E-state index in [0.29, 0.717) is 27.3 Å². The largest absolute Gasteiger partial charge is 0.307 e. The molecule has 1 amide bonds. The zero-order chi connectivity index (χ0) is 14.7. The van der Waals surface area contributed by atoms with Crippen LogP contribution in [0.25, 0.3) is 0 Å². The lowest BCUT2D eigenvalue weighted by atomic mass is 10.2. The fourth-order valence-electron chi connectivity index (χ4n) is 1.79. The van der Waals surface area contributed by atoms with Crippen molar-refractivity contribution in [2.24, 2.45) is 5.92 Å². The smallest absolute Gasteiger partial charge is 0.258 e. The Labute approximate surface area is 127 Å². The predicted octanol–water partition coefficient (Wildman–Crippen LogP) is 4.10. The molecule has 1 aromatic carbocycles. The molecule has 1 aromatic heterocycles. The Kier molecular flexibility index (Phi) is 4.68. The lowest BCUT2D eigenvalue weighted by Gasteiger charge is -2.11. The van der Waals surface area contributed by atoms with Crippen molar-refractivity contribution in [2.45, 2.75) is 20.4 Å². The molecule has 1 N–H and O–H groups in total. The maximum absolute atomic E-state index is 12.2. The molecular weight excluding hydrogens is 297 g/mol. The van der Waals surface area contributed by atoms with Gasteiger partial charge in [-0.15, -0.1) is 0 Å². The van der Waals surface area contributed by atoms with Gasteiger partial charge >= 0.3 is 0 Å². The first-order valence-corrected chi connectivity index (χ1v) is 7.01. The van der Waals surface area contributed by atoms with Crippen molar-refractivity contribution < 1.29 is 4.79 Å². The third kappa shape index (κ3) is 3.52. The topological polar surface area (TPSA) is 46.9 Å². The summed E-state index contributed by atoms with van der Waals surface area (Å²) in [5.74, 6) is 0.802. The van der Waals surface area contributed by atoms with Gasteiger partial charge in [0.05, 0.1) is 16.8 Å². The Morgan fingerprint density at radius 3 is 2.75 bits per heavy atom. The number of halogens is 2. The van der Waals surface area contributed by atoms with Gasteiger partial charge in [-0.2, -0.15) is 5.10 Å². The minimum Gasteiger partial charge on any atom is -0.307 e. The Morgan fingerprint density at radius 2 is 2.10 bits per heavy atom. The Hall–Kier alpha value is -1.52. The van der Waals surface area contributed by atoms with E-state index in [1.54, 1.807) is 35.1 Å². The highest BCUT2D eigenvalue weighted by Crippen LogP contribution is 2.22. The second-order valence-electron chi connectivity index (χ2n) is 4.87. The normalized spacial score (nSPS) is 10.8. The highest BCUT2D eigenvalue weighted by molar-refractivity contribution is 6.37. The summed E-state index contributed by atoms with van der Waals surface area (Å²) >= 11 is 11.8. The number of hydrogen-bond donors (Lipinski definition) is 1. The van der Waals surface area contributed by atoms with Gasteiger partial charge in [0.25, 0.3) is 5.91 Å². The quantitative estimate of drug-likeness (QED) is 0.924. The highest BCUT2D eigenvalue weighted by Gasteiger charge is 2.13. The molecule has 0 aliphatic carbocycles. The molecule has 0 aliphatic rings. The average Bonchev–Trinajstić information content (AvgIpc) is 2.75. The minimum absolute atomic E-state index is 0.280. The fourth-order valence-corrected chi connectivity index (χ4v) is 2.28. The van der Waals surface area contributed by atoms with E-state index in [4.69, 9.17) is 23.2 Å². The minimum atomic E-state index is -0.280. The first-order chi connectivity index (χ1) is 9.47. The second kappa shape index (κ2) is 6.29. The number of nitrogens with one attached hydrogen (secondary N) is 1. The molecule has 0 fully saturated rings. The molecule has 0 radical (unpaired) electrons. The SMILES string of the molecule is CC(C)Cn1nccc1NC(=O)c1ccc(Cl)cc1Cl. The van der Waals surface area contributed by atoms with E-state index in [-0.39, 0.29) is 5.91 Å². The molecule has 2 rings (SSSR count). The van der Waals surface area contributed by atoms with E-state index in [2.05, 4.69) is 24.3 Å². The summed E-state index contributed by atoms with van der Waals surface area (Å²) in [6.07, 6.45) is 1.65. The second-order valence-corrected chi connectivity index (χ2v) is 5.71. The number of amides is 1. The number of hydrogen-bond acceptors (Lipinski definition) is 2. The van der Waals surface area contributed by atoms with Crippen LogP contribution < -0.4 is 5.32 Å². The summed E-state index contributed by atoms with van der Waals surface area (Å²) in [6.45, 7) is 4.91. The zero-order valence-electron chi connectivity index (χ0n) is 11.2. The number of anilines is 1. The fraction of sp³-hybridized carbons (Fsp3) is 0.286. The van der Waals surface area contributed by atoms with E-state index in [1.807, 2.05) is 0 Å². The monoisotopic (exact) mass is 311 g/mol. The van der Waals surface area contributed by atoms with Crippen molar-refractivity contribution in [3.63, 3.8) is 0 Å². The Morgan fingerprint density at radius 1 is 1.35 bits per heavy atom. The van der Waals surface area contributed by atoms with Crippen molar-refractivity contribution in [1.82, 2.24) is 9.78 Å². The number of rotatable bonds is 4. The molecule has 0 saturated carbocycles. The molecule has 0 bridgehead atoms. The number of carbonyl (C=O) groups excluding carboxylic acids is 1. The zero-order valence-corrected chi connectivity index (χ0v) is 12.7. The van der Waals surface area contributed by atoms with Gasteiger partial charge in [-0.3, -0.25) is 4.79 Å². The molecular formula is C14H15Cl2N3O. The van der Waals surface area contributed by atoms with Gasteiger partial charge in [0, 0.05) is 17.6 Å². The predicted molar refractivity (Wildman–Crippen MR) is 81.5 cm³/mol. The molecule has 4 nitrogen and oxygen atoms in total. The third-order valence-electron chi connectivity index (χ3n) is 2.67. The van der Waals surface area contributed by atoms with Crippen LogP contribution in [0, 0.1) is 5.92 Å². The molecule has 106 valence electrons. The first-order valence-electron chi connectivity index (χ1n) is 6.25. The molecule has 6 heteroatoms. The van der Waals surface area contributed by atoms with Crippen LogP contribution in [0.15, 0.2) is 30.5 Å². The number of carbonyl (C=O) groups is 1. The van der Waals surface area contributed by atoms with E-state index in [1.165, 1.54) is 0 Å². The maximum atomic E-state index is 12.2. The maximum Gasteiger partial charge on any atom is 0.258 e. The van der Waals surface area contributed by atoms with Crippen LogP contribution in [-0.4, -0.2) is 15.7 Å². The van der Waals surface area contributed by atoms with E-state index < -0.39 is 0 Å². The van der Waals surface area contributed by atoms with Crippen LogP contribution in [0.5, 0.6) is 0 Å². The van der Waals surface area contributed by atoms with Gasteiger partial charge in [-0.1, -0.05) is 37.0 Å². The molecule has 0 unspecified atom stereocenters. The molecule has 0 saturated heterocycles. The van der Waals surface area contributed by atoms with Crippen molar-refractivity contribution in [1.29, 1.82) is 0 Å². The summed E-state index contributed by atoms with van der Waals surface area (Å²) in [4.78, 5) is 12.2. The van der Waals surface area contributed by atoms with E-state index in [9.17, 15) is 4.79 Å². The van der Waals surface area contributed by atoms with Gasteiger partial charge in [0.1, 0.15) is 5.82 Å². The van der Waals surface area contributed by atoms with Crippen molar-refractivity contribution in [3.8, 4) is 0 Å². The van der Waals surface area contributed by atoms with Crippen LogP contribution in [-0.2, 0) is 6.54 Å². The van der Waals surface area contributed by atoms with Crippen LogP contribution in [0.4, 0.5) is 5.82 Å². The summed E-state index contributed by atoms with van der Waals surface area (Å²) in [7, 11) is 0. The summed E-state index contributed by atoms with van der Waals surface area (Å²) in [5, 5.41) is 7.81.